The number of halogens is 1. The molecule has 1 saturated heterocycles. The van der Waals surface area contributed by atoms with Crippen LogP contribution in [-0.4, -0.2) is 30.3 Å². The lowest BCUT2D eigenvalue weighted by Gasteiger charge is -2.51. The Labute approximate surface area is 123 Å². The zero-order chi connectivity index (χ0) is 14.5. The van der Waals surface area contributed by atoms with Gasteiger partial charge < -0.3 is 15.2 Å². The summed E-state index contributed by atoms with van der Waals surface area (Å²) in [5.41, 5.74) is 0.763. The minimum atomic E-state index is -0.769. The van der Waals surface area contributed by atoms with Gasteiger partial charge in [0.1, 0.15) is 5.54 Å². The van der Waals surface area contributed by atoms with Gasteiger partial charge in [-0.05, 0) is 43.5 Å². The summed E-state index contributed by atoms with van der Waals surface area (Å²) < 4.78 is 5.30. The van der Waals surface area contributed by atoms with Crippen molar-refractivity contribution in [3.8, 4) is 0 Å². The van der Waals surface area contributed by atoms with E-state index in [-0.39, 0.29) is 5.91 Å². The number of carbonyl (C=O) groups is 1. The predicted octanol–water partition coefficient (Wildman–Crippen LogP) is 1.72. The minimum absolute atomic E-state index is 0.0727. The van der Waals surface area contributed by atoms with Crippen molar-refractivity contribution in [2.24, 2.45) is 0 Å². The van der Waals surface area contributed by atoms with Crippen LogP contribution in [0, 0.1) is 0 Å². The van der Waals surface area contributed by atoms with E-state index in [0.29, 0.717) is 24.7 Å². The highest BCUT2D eigenvalue weighted by Gasteiger charge is 2.53. The van der Waals surface area contributed by atoms with Gasteiger partial charge >= 0.3 is 0 Å². The number of rotatable bonds is 2. The van der Waals surface area contributed by atoms with Crippen molar-refractivity contribution in [2.45, 2.75) is 37.3 Å². The van der Waals surface area contributed by atoms with Crippen LogP contribution < -0.4 is 5.32 Å². The molecule has 0 aromatic heterocycles. The Balaban J connectivity index is 2.17. The third kappa shape index (κ3) is 1.86. The van der Waals surface area contributed by atoms with Gasteiger partial charge in [-0.3, -0.25) is 4.79 Å². The predicted molar refractivity (Wildman–Crippen MR) is 75.7 cm³/mol. The quantitative estimate of drug-likeness (QED) is 0.873. The first kappa shape index (κ1) is 13.9. The summed E-state index contributed by atoms with van der Waals surface area (Å²) in [4.78, 5) is 12.6. The van der Waals surface area contributed by atoms with E-state index in [4.69, 9.17) is 16.3 Å². The van der Waals surface area contributed by atoms with Crippen LogP contribution in [0.1, 0.15) is 31.4 Å². The summed E-state index contributed by atoms with van der Waals surface area (Å²) in [5, 5.41) is 13.4. The number of aliphatic hydroxyl groups excluding tert-OH is 1. The Morgan fingerprint density at radius 2 is 2.15 bits per heavy atom. The van der Waals surface area contributed by atoms with Crippen molar-refractivity contribution in [1.82, 2.24) is 5.32 Å². The molecule has 1 amide bonds. The van der Waals surface area contributed by atoms with Crippen LogP contribution in [0.5, 0.6) is 0 Å². The van der Waals surface area contributed by atoms with E-state index < -0.39 is 17.1 Å². The summed E-state index contributed by atoms with van der Waals surface area (Å²) in [6.07, 6.45) is -0.201. The van der Waals surface area contributed by atoms with Crippen LogP contribution in [0.3, 0.4) is 0 Å². The summed E-state index contributed by atoms with van der Waals surface area (Å²) in [6, 6.07) is 5.64. The number of ether oxygens (including phenoxy) is 1. The van der Waals surface area contributed by atoms with Crippen LogP contribution in [0.4, 0.5) is 0 Å². The lowest BCUT2D eigenvalue weighted by molar-refractivity contribution is -0.143. The van der Waals surface area contributed by atoms with E-state index in [1.54, 1.807) is 6.92 Å². The molecule has 0 bridgehead atoms. The molecule has 20 heavy (non-hydrogen) atoms. The van der Waals surface area contributed by atoms with Gasteiger partial charge in [-0.15, -0.1) is 0 Å². The standard InChI is InChI=1S/C15H18ClNO3/c1-9(18)6-14(2)12-5-10(16)3-4-11(12)15(7-20-8-15)17-13(14)19/h3-5,9,18H,6-8H2,1-2H3,(H,17,19)/t9-,14?/m1/s1. The van der Waals surface area contributed by atoms with E-state index in [1.165, 1.54) is 0 Å². The van der Waals surface area contributed by atoms with Gasteiger partial charge in [-0.25, -0.2) is 0 Å². The molecule has 2 heterocycles. The number of fused-ring (bicyclic) bond motifs is 2. The monoisotopic (exact) mass is 295 g/mol. The molecule has 1 fully saturated rings. The van der Waals surface area contributed by atoms with Gasteiger partial charge in [0.25, 0.3) is 0 Å². The molecule has 0 saturated carbocycles. The maximum absolute atomic E-state index is 12.6. The molecule has 5 heteroatoms. The molecule has 3 rings (SSSR count). The molecule has 2 atom stereocenters. The van der Waals surface area contributed by atoms with Crippen molar-refractivity contribution in [3.05, 3.63) is 34.3 Å². The second-order valence-corrected chi connectivity index (χ2v) is 6.54. The van der Waals surface area contributed by atoms with Crippen molar-refractivity contribution in [1.29, 1.82) is 0 Å². The third-order valence-corrected chi connectivity index (χ3v) is 4.58. The number of benzene rings is 1. The van der Waals surface area contributed by atoms with Gasteiger partial charge in [0.2, 0.25) is 5.91 Å². The molecule has 1 aromatic carbocycles. The fourth-order valence-corrected chi connectivity index (χ4v) is 3.43. The Hall–Kier alpha value is -1.10. The average molecular weight is 296 g/mol. The van der Waals surface area contributed by atoms with Gasteiger partial charge in [-0.1, -0.05) is 17.7 Å². The fraction of sp³-hybridized carbons (Fsp3) is 0.533. The molecule has 2 N–H and O–H groups in total. The molecule has 0 radical (unpaired) electrons. The van der Waals surface area contributed by atoms with Crippen molar-refractivity contribution >= 4 is 17.5 Å². The average Bonchev–Trinajstić information content (AvgIpc) is 2.31. The molecule has 1 aromatic rings. The first-order chi connectivity index (χ1) is 9.37. The van der Waals surface area contributed by atoms with Gasteiger partial charge in [0, 0.05) is 5.02 Å². The highest BCUT2D eigenvalue weighted by atomic mass is 35.5. The largest absolute Gasteiger partial charge is 0.393 e. The van der Waals surface area contributed by atoms with E-state index in [0.717, 1.165) is 11.1 Å². The first-order valence-electron chi connectivity index (χ1n) is 6.76. The number of aliphatic hydroxyl groups is 1. The summed E-state index contributed by atoms with van der Waals surface area (Å²) in [7, 11) is 0. The van der Waals surface area contributed by atoms with Crippen molar-refractivity contribution in [2.75, 3.05) is 13.2 Å². The van der Waals surface area contributed by atoms with E-state index in [1.807, 2.05) is 25.1 Å². The zero-order valence-corrected chi connectivity index (χ0v) is 12.3. The second-order valence-electron chi connectivity index (χ2n) is 6.10. The smallest absolute Gasteiger partial charge is 0.231 e. The first-order valence-corrected chi connectivity index (χ1v) is 7.14. The highest BCUT2D eigenvalue weighted by molar-refractivity contribution is 6.30. The topological polar surface area (TPSA) is 58.6 Å². The molecule has 1 spiro atoms. The summed E-state index contributed by atoms with van der Waals surface area (Å²) >= 11 is 6.12. The normalized spacial score (nSPS) is 28.5. The van der Waals surface area contributed by atoms with Crippen LogP contribution in [0.2, 0.25) is 5.02 Å². The third-order valence-electron chi connectivity index (χ3n) is 4.35. The lowest BCUT2D eigenvalue weighted by atomic mass is 9.67. The summed E-state index contributed by atoms with van der Waals surface area (Å²) in [6.45, 7) is 4.52. The Bertz CT molecular complexity index is 568. The van der Waals surface area contributed by atoms with Crippen LogP contribution >= 0.6 is 11.6 Å². The minimum Gasteiger partial charge on any atom is -0.393 e. The van der Waals surface area contributed by atoms with Crippen LogP contribution in [-0.2, 0) is 20.5 Å². The van der Waals surface area contributed by atoms with Crippen molar-refractivity contribution in [3.63, 3.8) is 0 Å². The van der Waals surface area contributed by atoms with E-state index in [9.17, 15) is 9.90 Å². The molecule has 4 nitrogen and oxygen atoms in total. The molecular weight excluding hydrogens is 278 g/mol. The van der Waals surface area contributed by atoms with Crippen LogP contribution in [0.25, 0.3) is 0 Å². The number of carbonyl (C=O) groups excluding carboxylic acids is 1. The van der Waals surface area contributed by atoms with Gasteiger partial charge in [0.15, 0.2) is 0 Å². The molecule has 2 aliphatic rings. The fourth-order valence-electron chi connectivity index (χ4n) is 3.26. The molecule has 108 valence electrons. The molecule has 2 aliphatic heterocycles. The maximum atomic E-state index is 12.6. The van der Waals surface area contributed by atoms with E-state index in [2.05, 4.69) is 5.32 Å². The number of hydrogen-bond acceptors (Lipinski definition) is 3. The zero-order valence-electron chi connectivity index (χ0n) is 11.6. The summed E-state index contributed by atoms with van der Waals surface area (Å²) in [5.74, 6) is -0.0727. The van der Waals surface area contributed by atoms with Crippen LogP contribution in [0.15, 0.2) is 18.2 Å². The highest BCUT2D eigenvalue weighted by Crippen LogP contribution is 2.45. The number of hydrogen-bond donors (Lipinski definition) is 2. The number of nitrogens with one attached hydrogen (secondary N) is 1. The molecular formula is C15H18ClNO3. The Morgan fingerprint density at radius 1 is 1.45 bits per heavy atom. The Morgan fingerprint density at radius 3 is 2.70 bits per heavy atom. The van der Waals surface area contributed by atoms with E-state index >= 15 is 0 Å². The number of amides is 1. The SMILES string of the molecule is C[C@@H](O)CC1(C)C(=O)NC2(COC2)c2ccc(Cl)cc21. The van der Waals surface area contributed by atoms with Gasteiger partial charge in [0.05, 0.1) is 24.7 Å². The Kier molecular flexibility index (Phi) is 3.08. The second kappa shape index (κ2) is 4.45. The van der Waals surface area contributed by atoms with Gasteiger partial charge in [-0.2, -0.15) is 0 Å². The molecule has 1 unspecified atom stereocenters. The van der Waals surface area contributed by atoms with Crippen molar-refractivity contribution < 1.29 is 14.6 Å². The lowest BCUT2D eigenvalue weighted by Crippen LogP contribution is -2.66. The molecule has 0 aliphatic carbocycles. The maximum Gasteiger partial charge on any atom is 0.231 e.